The van der Waals surface area contributed by atoms with Gasteiger partial charge in [-0.15, -0.1) is 5.06 Å². The first-order chi connectivity index (χ1) is 15.9. The van der Waals surface area contributed by atoms with Crippen molar-refractivity contribution in [3.8, 4) is 17.2 Å². The van der Waals surface area contributed by atoms with Gasteiger partial charge in [0.05, 0.1) is 17.7 Å². The molecule has 2 aliphatic heterocycles. The molecule has 33 heavy (non-hydrogen) atoms. The molecule has 2 aliphatic rings. The Hall–Kier alpha value is -3.78. The number of rotatable bonds is 7. The van der Waals surface area contributed by atoms with E-state index in [4.69, 9.17) is 36.1 Å². The molecular weight excluding hydrogens is 446 g/mol. The molecule has 2 aromatic carbocycles. The monoisotopic (exact) mass is 467 g/mol. The summed E-state index contributed by atoms with van der Waals surface area (Å²) in [5, 5.41) is 9.83. The third-order valence-corrected chi connectivity index (χ3v) is 5.20. The van der Waals surface area contributed by atoms with Crippen molar-refractivity contribution in [2.45, 2.75) is 13.8 Å². The number of fused-ring (bicyclic) bond motifs is 1. The molecule has 2 heterocycles. The van der Waals surface area contributed by atoms with Crippen LogP contribution in [0.3, 0.4) is 0 Å². The molecule has 170 valence electrons. The van der Waals surface area contributed by atoms with Crippen LogP contribution in [0.2, 0.25) is 5.02 Å². The molecule has 0 saturated carbocycles. The quantitative estimate of drug-likeness (QED) is 0.473. The zero-order chi connectivity index (χ0) is 23.5. The van der Waals surface area contributed by atoms with E-state index in [1.54, 1.807) is 25.1 Å². The van der Waals surface area contributed by atoms with Crippen molar-refractivity contribution < 1.29 is 23.8 Å². The standard InChI is InChI=1S/C24H22ClN3O5/c1-14-6-4-5-7-19(14)31-8-9-32-22-18(25)12-16(13-20(22)30-3)11-17-23(26)28-21(27-24(17)29)10-15(2)33-28/h4-7,10-13,26H,8-9H2,1-3H3/b17-11+,26-23?. The normalized spacial score (nSPS) is 16.2. The number of hydroxylamine groups is 2. The molecule has 0 saturated heterocycles. The number of carbonyl (C=O) groups is 1. The van der Waals surface area contributed by atoms with Crippen LogP contribution in [0.5, 0.6) is 17.2 Å². The molecule has 0 radical (unpaired) electrons. The highest BCUT2D eigenvalue weighted by Gasteiger charge is 2.34. The fraction of sp³-hybridized carbons (Fsp3) is 0.208. The number of aryl methyl sites for hydroxylation is 1. The molecular formula is C24H22ClN3O5. The number of ether oxygens (including phenoxy) is 3. The van der Waals surface area contributed by atoms with Crippen molar-refractivity contribution in [3.63, 3.8) is 0 Å². The maximum atomic E-state index is 12.5. The Morgan fingerprint density at radius 2 is 1.91 bits per heavy atom. The van der Waals surface area contributed by atoms with Crippen LogP contribution < -0.4 is 14.2 Å². The van der Waals surface area contributed by atoms with E-state index >= 15 is 0 Å². The first kappa shape index (κ1) is 22.4. The van der Waals surface area contributed by atoms with Crippen LogP contribution in [0, 0.1) is 12.3 Å². The summed E-state index contributed by atoms with van der Waals surface area (Å²) in [5.74, 6) is 1.73. The minimum absolute atomic E-state index is 0.0697. The average molecular weight is 468 g/mol. The number of benzene rings is 2. The Kier molecular flexibility index (Phi) is 6.37. The van der Waals surface area contributed by atoms with Gasteiger partial charge in [0, 0.05) is 6.08 Å². The zero-order valence-corrected chi connectivity index (χ0v) is 19.1. The molecule has 2 aromatic rings. The summed E-state index contributed by atoms with van der Waals surface area (Å²) in [6.07, 6.45) is 3.11. The summed E-state index contributed by atoms with van der Waals surface area (Å²) in [6, 6.07) is 11.0. The summed E-state index contributed by atoms with van der Waals surface area (Å²) in [6.45, 7) is 4.27. The second-order valence-electron chi connectivity index (χ2n) is 7.32. The van der Waals surface area contributed by atoms with Gasteiger partial charge in [-0.1, -0.05) is 29.8 Å². The Bertz CT molecular complexity index is 1220. The number of methoxy groups -OCH3 is 1. The van der Waals surface area contributed by atoms with Crippen molar-refractivity contribution in [2.24, 2.45) is 4.99 Å². The number of nitrogens with zero attached hydrogens (tertiary/aromatic N) is 2. The lowest BCUT2D eigenvalue weighted by Crippen LogP contribution is -2.38. The van der Waals surface area contributed by atoms with Crippen LogP contribution in [-0.4, -0.2) is 43.0 Å². The molecule has 0 bridgehead atoms. The van der Waals surface area contributed by atoms with Gasteiger partial charge in [-0.25, -0.2) is 0 Å². The fourth-order valence-corrected chi connectivity index (χ4v) is 3.62. The molecule has 1 amide bonds. The van der Waals surface area contributed by atoms with E-state index in [1.165, 1.54) is 18.2 Å². The maximum Gasteiger partial charge on any atom is 0.282 e. The molecule has 1 N–H and O–H groups in total. The molecule has 0 atom stereocenters. The molecule has 9 heteroatoms. The second kappa shape index (κ2) is 9.38. The number of amides is 1. The van der Waals surface area contributed by atoms with Gasteiger partial charge in [0.1, 0.15) is 24.7 Å². The minimum Gasteiger partial charge on any atom is -0.493 e. The van der Waals surface area contributed by atoms with Crippen molar-refractivity contribution >= 4 is 35.3 Å². The number of halogens is 1. The number of amidine groups is 2. The van der Waals surface area contributed by atoms with Gasteiger partial charge in [-0.2, -0.15) is 4.99 Å². The Morgan fingerprint density at radius 1 is 1.15 bits per heavy atom. The van der Waals surface area contributed by atoms with Crippen LogP contribution >= 0.6 is 11.6 Å². The predicted molar refractivity (Wildman–Crippen MR) is 125 cm³/mol. The maximum absolute atomic E-state index is 12.5. The van der Waals surface area contributed by atoms with Crippen LogP contribution in [0.4, 0.5) is 0 Å². The highest BCUT2D eigenvalue weighted by Crippen LogP contribution is 2.37. The van der Waals surface area contributed by atoms with E-state index in [9.17, 15) is 4.79 Å². The number of hydrogen-bond donors (Lipinski definition) is 1. The third-order valence-electron chi connectivity index (χ3n) is 4.92. The molecule has 4 rings (SSSR count). The number of allylic oxidation sites excluding steroid dienone is 1. The number of aliphatic imine (C=N–C) groups is 1. The van der Waals surface area contributed by atoms with Gasteiger partial charge in [0.15, 0.2) is 23.2 Å². The summed E-state index contributed by atoms with van der Waals surface area (Å²) >= 11 is 6.45. The lowest BCUT2D eigenvalue weighted by molar-refractivity contribution is -0.114. The van der Waals surface area contributed by atoms with Gasteiger partial charge in [0.2, 0.25) is 0 Å². The fourth-order valence-electron chi connectivity index (χ4n) is 3.34. The molecule has 0 aromatic heterocycles. The van der Waals surface area contributed by atoms with Crippen molar-refractivity contribution in [1.82, 2.24) is 5.06 Å². The number of para-hydroxylation sites is 1. The molecule has 0 fully saturated rings. The largest absolute Gasteiger partial charge is 0.493 e. The first-order valence-electron chi connectivity index (χ1n) is 10.2. The van der Waals surface area contributed by atoms with E-state index in [0.29, 0.717) is 34.5 Å². The Balaban J connectivity index is 1.49. The smallest absolute Gasteiger partial charge is 0.282 e. The number of carbonyl (C=O) groups excluding carboxylic acids is 1. The van der Waals surface area contributed by atoms with Crippen LogP contribution in [-0.2, 0) is 9.63 Å². The van der Waals surface area contributed by atoms with Crippen LogP contribution in [0.1, 0.15) is 18.1 Å². The minimum atomic E-state index is -0.537. The van der Waals surface area contributed by atoms with Crippen LogP contribution in [0.25, 0.3) is 6.08 Å². The zero-order valence-electron chi connectivity index (χ0n) is 18.3. The Labute approximate surface area is 196 Å². The lowest BCUT2D eigenvalue weighted by atomic mass is 10.1. The molecule has 0 unspecified atom stereocenters. The lowest BCUT2D eigenvalue weighted by Gasteiger charge is -2.23. The van der Waals surface area contributed by atoms with Crippen molar-refractivity contribution in [1.29, 1.82) is 5.41 Å². The van der Waals surface area contributed by atoms with Gasteiger partial charge >= 0.3 is 0 Å². The van der Waals surface area contributed by atoms with Crippen molar-refractivity contribution in [3.05, 3.63) is 70.0 Å². The Morgan fingerprint density at radius 3 is 2.67 bits per heavy atom. The van der Waals surface area contributed by atoms with Crippen molar-refractivity contribution in [2.75, 3.05) is 20.3 Å². The topological polar surface area (TPSA) is 93.4 Å². The molecule has 0 spiro atoms. The van der Waals surface area contributed by atoms with E-state index in [1.807, 2.05) is 31.2 Å². The second-order valence-corrected chi connectivity index (χ2v) is 7.73. The van der Waals surface area contributed by atoms with Gasteiger partial charge in [-0.05, 0) is 49.2 Å². The SMILES string of the molecule is COc1cc(/C=C2\C(=N)N3OC(C)=CC3=NC2=O)cc(Cl)c1OCCOc1ccccc1C. The van der Waals surface area contributed by atoms with E-state index < -0.39 is 5.91 Å². The third kappa shape index (κ3) is 4.70. The number of nitrogens with one attached hydrogen (secondary N) is 1. The average Bonchev–Trinajstić information content (AvgIpc) is 3.16. The highest BCUT2D eigenvalue weighted by atomic mass is 35.5. The summed E-state index contributed by atoms with van der Waals surface area (Å²) in [7, 11) is 1.50. The van der Waals surface area contributed by atoms with Gasteiger partial charge in [-0.3, -0.25) is 10.2 Å². The van der Waals surface area contributed by atoms with E-state index in [2.05, 4.69) is 4.99 Å². The summed E-state index contributed by atoms with van der Waals surface area (Å²) in [4.78, 5) is 21.9. The van der Waals surface area contributed by atoms with E-state index in [-0.39, 0.29) is 23.9 Å². The predicted octanol–water partition coefficient (Wildman–Crippen LogP) is 4.57. The molecule has 8 nitrogen and oxygen atoms in total. The van der Waals surface area contributed by atoms with Gasteiger partial charge < -0.3 is 19.0 Å². The van der Waals surface area contributed by atoms with Gasteiger partial charge in [0.25, 0.3) is 5.91 Å². The van der Waals surface area contributed by atoms with E-state index in [0.717, 1.165) is 11.3 Å². The number of hydrogen-bond acceptors (Lipinski definition) is 6. The summed E-state index contributed by atoms with van der Waals surface area (Å²) < 4.78 is 17.0. The first-order valence-corrected chi connectivity index (χ1v) is 10.5. The van der Waals surface area contributed by atoms with Crippen LogP contribution in [0.15, 0.2) is 58.8 Å². The summed E-state index contributed by atoms with van der Waals surface area (Å²) in [5.41, 5.74) is 1.66. The highest BCUT2D eigenvalue weighted by molar-refractivity contribution is 6.33. The molecule has 0 aliphatic carbocycles.